The van der Waals surface area contributed by atoms with Crippen molar-refractivity contribution >= 4 is 5.97 Å². The first kappa shape index (κ1) is 29.7. The van der Waals surface area contributed by atoms with Crippen LogP contribution in [0.15, 0.2) is 24.3 Å². The van der Waals surface area contributed by atoms with Crippen LogP contribution < -0.4 is 0 Å². The van der Waals surface area contributed by atoms with E-state index in [4.69, 9.17) is 5.10 Å². The number of aromatic nitrogens is 2. The zero-order chi connectivity index (χ0) is 28.3. The van der Waals surface area contributed by atoms with Crippen molar-refractivity contribution in [3.05, 3.63) is 52.6 Å². The van der Waals surface area contributed by atoms with Crippen LogP contribution in [-0.4, -0.2) is 68.9 Å². The lowest BCUT2D eigenvalue weighted by Gasteiger charge is -2.36. The van der Waals surface area contributed by atoms with E-state index in [1.165, 1.54) is 23.0 Å². The molecule has 1 aromatic heterocycles. The molecule has 3 unspecified atom stereocenters. The Bertz CT molecular complexity index is 1110. The van der Waals surface area contributed by atoms with Gasteiger partial charge < -0.3 is 10.0 Å². The summed E-state index contributed by atoms with van der Waals surface area (Å²) < 4.78 is 16.5. The highest BCUT2D eigenvalue weighted by Crippen LogP contribution is 2.44. The molecule has 2 fully saturated rings. The summed E-state index contributed by atoms with van der Waals surface area (Å²) >= 11 is 0. The molecule has 0 spiro atoms. The van der Waals surface area contributed by atoms with E-state index in [1.54, 1.807) is 6.07 Å². The van der Waals surface area contributed by atoms with Crippen LogP contribution in [0.4, 0.5) is 4.39 Å². The number of likely N-dealkylation sites (N-methyl/N-ethyl adjacent to an activating group) is 1. The Morgan fingerprint density at radius 3 is 2.46 bits per heavy atom. The Labute approximate surface area is 234 Å². The molecule has 2 aliphatic rings. The summed E-state index contributed by atoms with van der Waals surface area (Å²) in [6, 6.07) is 6.77. The summed E-state index contributed by atoms with van der Waals surface area (Å²) in [6.07, 6.45) is 5.07. The monoisotopic (exact) mass is 540 g/mol. The van der Waals surface area contributed by atoms with E-state index in [-0.39, 0.29) is 23.7 Å². The number of halogens is 1. The fourth-order valence-corrected chi connectivity index (χ4v) is 7.64. The minimum atomic E-state index is -0.743. The Morgan fingerprint density at radius 2 is 1.90 bits per heavy atom. The molecule has 2 heterocycles. The average Bonchev–Trinajstić information content (AvgIpc) is 3.47. The number of piperidine rings is 1. The largest absolute Gasteiger partial charge is 0.480 e. The zero-order valence-corrected chi connectivity index (χ0v) is 24.9. The SMILES string of the molecule is CCc1nn(CC)c(C2CCN(CC3CC(N(CC)[C@@H](C(=O)O)C(C)C)CC3c3cccc(F)c3)CC2)c1C. The van der Waals surface area contributed by atoms with E-state index in [1.807, 2.05) is 19.9 Å². The maximum atomic E-state index is 14.3. The highest BCUT2D eigenvalue weighted by Gasteiger charge is 2.42. The maximum Gasteiger partial charge on any atom is 0.321 e. The molecule has 2 aromatic rings. The second kappa shape index (κ2) is 12.9. The van der Waals surface area contributed by atoms with Crippen LogP contribution in [0.2, 0.25) is 0 Å². The number of carboxylic acid groups (broad SMARTS) is 1. The van der Waals surface area contributed by atoms with E-state index >= 15 is 0 Å². The van der Waals surface area contributed by atoms with Crippen LogP contribution >= 0.6 is 0 Å². The van der Waals surface area contributed by atoms with Crippen molar-refractivity contribution in [3.8, 4) is 0 Å². The summed E-state index contributed by atoms with van der Waals surface area (Å²) in [5, 5.41) is 14.9. The van der Waals surface area contributed by atoms with Gasteiger partial charge in [-0.05, 0) is 107 Å². The first-order valence-electron chi connectivity index (χ1n) is 15.2. The lowest BCUT2D eigenvalue weighted by Crippen LogP contribution is -2.49. The van der Waals surface area contributed by atoms with Gasteiger partial charge in [0.2, 0.25) is 0 Å². The predicted molar refractivity (Wildman–Crippen MR) is 155 cm³/mol. The number of hydrogen-bond acceptors (Lipinski definition) is 4. The minimum Gasteiger partial charge on any atom is -0.480 e. The molecule has 0 radical (unpaired) electrons. The van der Waals surface area contributed by atoms with Gasteiger partial charge in [-0.2, -0.15) is 5.10 Å². The van der Waals surface area contributed by atoms with Crippen molar-refractivity contribution in [1.29, 1.82) is 0 Å². The summed E-state index contributed by atoms with van der Waals surface area (Å²) in [7, 11) is 0. The summed E-state index contributed by atoms with van der Waals surface area (Å²) in [5.74, 6) is 0.243. The first-order valence-corrected chi connectivity index (χ1v) is 15.2. The Kier molecular flexibility index (Phi) is 9.87. The fraction of sp³-hybridized carbons (Fsp3) is 0.688. The van der Waals surface area contributed by atoms with E-state index < -0.39 is 12.0 Å². The molecular formula is C32H49FN4O2. The summed E-state index contributed by atoms with van der Waals surface area (Å²) in [4.78, 5) is 17.0. The van der Waals surface area contributed by atoms with Crippen LogP contribution in [0.25, 0.3) is 0 Å². The highest BCUT2D eigenvalue weighted by atomic mass is 19.1. The van der Waals surface area contributed by atoms with Crippen LogP contribution in [-0.2, 0) is 17.8 Å². The Hall–Kier alpha value is -2.25. The third-order valence-corrected chi connectivity index (χ3v) is 9.46. The number of carbonyl (C=O) groups is 1. The van der Waals surface area contributed by atoms with Gasteiger partial charge >= 0.3 is 5.97 Å². The lowest BCUT2D eigenvalue weighted by molar-refractivity contribution is -0.146. The van der Waals surface area contributed by atoms with Crippen LogP contribution in [0, 0.1) is 24.6 Å². The molecule has 1 N–H and O–H groups in total. The van der Waals surface area contributed by atoms with Gasteiger partial charge in [0.15, 0.2) is 0 Å². The van der Waals surface area contributed by atoms with Crippen molar-refractivity contribution in [2.75, 3.05) is 26.2 Å². The number of hydrogen-bond donors (Lipinski definition) is 1. The molecule has 1 aliphatic carbocycles. The van der Waals surface area contributed by atoms with Gasteiger partial charge in [-0.3, -0.25) is 14.4 Å². The third-order valence-electron chi connectivity index (χ3n) is 9.46. The van der Waals surface area contributed by atoms with E-state index in [0.717, 1.165) is 63.8 Å². The van der Waals surface area contributed by atoms with Crippen LogP contribution in [0.1, 0.15) is 94.7 Å². The molecule has 1 saturated heterocycles. The number of likely N-dealkylation sites (tertiary alicyclic amines) is 1. The molecule has 7 heteroatoms. The summed E-state index contributed by atoms with van der Waals surface area (Å²) in [5.41, 5.74) is 5.09. The van der Waals surface area contributed by atoms with Gasteiger partial charge in [-0.1, -0.05) is 39.8 Å². The number of nitrogens with zero attached hydrogens (tertiary/aromatic N) is 4. The van der Waals surface area contributed by atoms with E-state index in [2.05, 4.69) is 48.2 Å². The average molecular weight is 541 g/mol. The predicted octanol–water partition coefficient (Wildman–Crippen LogP) is 6.09. The van der Waals surface area contributed by atoms with Crippen molar-refractivity contribution in [2.45, 2.75) is 104 Å². The van der Waals surface area contributed by atoms with Gasteiger partial charge in [0.1, 0.15) is 11.9 Å². The van der Waals surface area contributed by atoms with E-state index in [0.29, 0.717) is 18.4 Å². The number of rotatable bonds is 11. The van der Waals surface area contributed by atoms with Crippen LogP contribution in [0.3, 0.4) is 0 Å². The molecule has 4 atom stereocenters. The number of carboxylic acids is 1. The Balaban J connectivity index is 1.50. The van der Waals surface area contributed by atoms with Gasteiger partial charge in [-0.25, -0.2) is 4.39 Å². The molecule has 0 amide bonds. The first-order chi connectivity index (χ1) is 18.7. The highest BCUT2D eigenvalue weighted by molar-refractivity contribution is 5.73. The fourth-order valence-electron chi connectivity index (χ4n) is 7.64. The van der Waals surface area contributed by atoms with Crippen molar-refractivity contribution in [3.63, 3.8) is 0 Å². The van der Waals surface area contributed by atoms with Crippen molar-refractivity contribution in [2.24, 2.45) is 11.8 Å². The molecule has 1 aliphatic heterocycles. The van der Waals surface area contributed by atoms with Gasteiger partial charge in [-0.15, -0.1) is 0 Å². The second-order valence-electron chi connectivity index (χ2n) is 12.1. The summed E-state index contributed by atoms with van der Waals surface area (Å²) in [6.45, 7) is 17.4. The maximum absolute atomic E-state index is 14.3. The molecule has 6 nitrogen and oxygen atoms in total. The Morgan fingerprint density at radius 1 is 1.18 bits per heavy atom. The quantitative estimate of drug-likeness (QED) is 0.374. The van der Waals surface area contributed by atoms with Gasteiger partial charge in [0.25, 0.3) is 0 Å². The van der Waals surface area contributed by atoms with Crippen molar-refractivity contribution in [1.82, 2.24) is 19.6 Å². The van der Waals surface area contributed by atoms with E-state index in [9.17, 15) is 14.3 Å². The molecule has 39 heavy (non-hydrogen) atoms. The molecule has 1 aromatic carbocycles. The molecule has 4 rings (SSSR count). The molecule has 1 saturated carbocycles. The zero-order valence-electron chi connectivity index (χ0n) is 24.9. The van der Waals surface area contributed by atoms with Crippen LogP contribution in [0.5, 0.6) is 0 Å². The number of benzene rings is 1. The minimum absolute atomic E-state index is 0.0291. The molecular weight excluding hydrogens is 491 g/mol. The molecule has 216 valence electrons. The topological polar surface area (TPSA) is 61.6 Å². The number of aliphatic carboxylic acids is 1. The second-order valence-corrected chi connectivity index (χ2v) is 12.1. The normalized spacial score (nSPS) is 23.7. The van der Waals surface area contributed by atoms with Gasteiger partial charge in [0, 0.05) is 30.7 Å². The molecule has 0 bridgehead atoms. The number of aryl methyl sites for hydroxylation is 2. The van der Waals surface area contributed by atoms with Crippen molar-refractivity contribution < 1.29 is 14.3 Å². The smallest absolute Gasteiger partial charge is 0.321 e. The third kappa shape index (κ3) is 6.40. The standard InChI is InChI=1S/C32H49FN4O2/c1-7-29-22(6)31(37(9-3)34-29)23-13-15-35(16-14-23)20-25-18-27(36(8-2)30(21(4)5)32(38)39)19-28(25)24-11-10-12-26(33)17-24/h10-12,17,21,23,25,27-28,30H,7-9,13-16,18-20H2,1-6H3,(H,38,39)/t25?,27?,28?,30-/m1/s1. The lowest BCUT2D eigenvalue weighted by atomic mass is 9.86. The van der Waals surface area contributed by atoms with Gasteiger partial charge in [0.05, 0.1) is 5.69 Å².